The van der Waals surface area contributed by atoms with Crippen molar-refractivity contribution in [1.82, 2.24) is 0 Å². The molecule has 1 heterocycles. The fourth-order valence-corrected chi connectivity index (χ4v) is 3.30. The summed E-state index contributed by atoms with van der Waals surface area (Å²) in [5.41, 5.74) is 4.71. The molecule has 0 spiro atoms. The summed E-state index contributed by atoms with van der Waals surface area (Å²) >= 11 is 0. The summed E-state index contributed by atoms with van der Waals surface area (Å²) in [5.74, 6) is 1.73. The van der Waals surface area contributed by atoms with Crippen molar-refractivity contribution in [3.63, 3.8) is 0 Å². The largest absolute Gasteiger partial charge is 0.493 e. The zero-order valence-corrected chi connectivity index (χ0v) is 17.1. The molecule has 0 N–H and O–H groups in total. The molecule has 6 heteroatoms. The molecule has 150 valence electrons. The highest BCUT2D eigenvalue weighted by Crippen LogP contribution is 2.41. The van der Waals surface area contributed by atoms with Gasteiger partial charge in [-0.3, -0.25) is 0 Å². The van der Waals surface area contributed by atoms with E-state index >= 15 is 0 Å². The third-order valence-electron chi connectivity index (χ3n) is 4.75. The van der Waals surface area contributed by atoms with E-state index in [4.69, 9.17) is 23.7 Å². The number of nitrogens with zero attached hydrogens (tertiary/aromatic N) is 1. The van der Waals surface area contributed by atoms with E-state index in [9.17, 15) is 0 Å². The van der Waals surface area contributed by atoms with E-state index in [0.29, 0.717) is 30.5 Å². The zero-order chi connectivity index (χ0) is 20.3. The summed E-state index contributed by atoms with van der Waals surface area (Å²) in [7, 11) is 8.79. The molecule has 1 aliphatic heterocycles. The van der Waals surface area contributed by atoms with Gasteiger partial charge in [-0.2, -0.15) is 0 Å². The standard InChI is InChI=1S/C22H27NO5/c1-14(16-12-19(24-4)21(26-6)20(13-16)25-5)15-7-8-18(23(2)3)17(11-15)22-27-9-10-28-22/h7-8,11-13,22H,1,9-10H2,2-6H3. The summed E-state index contributed by atoms with van der Waals surface area (Å²) in [6.07, 6.45) is -0.370. The monoisotopic (exact) mass is 385 g/mol. The molecule has 6 nitrogen and oxygen atoms in total. The van der Waals surface area contributed by atoms with Crippen molar-refractivity contribution < 1.29 is 23.7 Å². The van der Waals surface area contributed by atoms with Crippen LogP contribution in [-0.4, -0.2) is 48.6 Å². The average molecular weight is 385 g/mol. The highest BCUT2D eigenvalue weighted by molar-refractivity contribution is 5.82. The van der Waals surface area contributed by atoms with E-state index in [1.807, 2.05) is 37.2 Å². The highest BCUT2D eigenvalue weighted by Gasteiger charge is 2.23. The molecule has 0 unspecified atom stereocenters. The van der Waals surface area contributed by atoms with Gasteiger partial charge in [0.2, 0.25) is 5.75 Å². The second-order valence-electron chi connectivity index (χ2n) is 6.63. The molecule has 0 saturated carbocycles. The van der Waals surface area contributed by atoms with Gasteiger partial charge >= 0.3 is 0 Å². The zero-order valence-electron chi connectivity index (χ0n) is 17.1. The Hall–Kier alpha value is -2.70. The maximum atomic E-state index is 5.74. The van der Waals surface area contributed by atoms with Crippen molar-refractivity contribution in [2.24, 2.45) is 0 Å². The minimum absolute atomic E-state index is 0.370. The van der Waals surface area contributed by atoms with Gasteiger partial charge in [0.1, 0.15) is 0 Å². The van der Waals surface area contributed by atoms with Crippen LogP contribution in [0.1, 0.15) is 23.0 Å². The van der Waals surface area contributed by atoms with E-state index in [2.05, 4.69) is 18.7 Å². The summed E-state index contributed by atoms with van der Waals surface area (Å²) < 4.78 is 27.8. The van der Waals surface area contributed by atoms with Crippen LogP contribution in [0.4, 0.5) is 5.69 Å². The third kappa shape index (κ3) is 3.79. The average Bonchev–Trinajstić information content (AvgIpc) is 3.26. The van der Waals surface area contributed by atoms with Gasteiger partial charge in [0, 0.05) is 25.3 Å². The Balaban J connectivity index is 2.04. The van der Waals surface area contributed by atoms with Crippen LogP contribution in [0.5, 0.6) is 17.2 Å². The molecule has 0 amide bonds. The Morgan fingerprint density at radius 2 is 1.54 bits per heavy atom. The van der Waals surface area contributed by atoms with Crippen molar-refractivity contribution in [2.45, 2.75) is 6.29 Å². The summed E-state index contributed by atoms with van der Waals surface area (Å²) in [4.78, 5) is 2.05. The smallest absolute Gasteiger partial charge is 0.203 e. The molecule has 0 atom stereocenters. The van der Waals surface area contributed by atoms with Gasteiger partial charge in [-0.05, 0) is 41.0 Å². The molecule has 1 saturated heterocycles. The third-order valence-corrected chi connectivity index (χ3v) is 4.75. The fourth-order valence-electron chi connectivity index (χ4n) is 3.30. The topological polar surface area (TPSA) is 49.4 Å². The molecule has 0 aliphatic carbocycles. The molecule has 1 fully saturated rings. The summed E-state index contributed by atoms with van der Waals surface area (Å²) in [6.45, 7) is 5.48. The maximum absolute atomic E-state index is 5.74. The molecular formula is C22H27NO5. The molecule has 28 heavy (non-hydrogen) atoms. The van der Waals surface area contributed by atoms with E-state index in [-0.39, 0.29) is 6.29 Å². The Morgan fingerprint density at radius 1 is 0.929 bits per heavy atom. The van der Waals surface area contributed by atoms with Crippen LogP contribution < -0.4 is 19.1 Å². The molecule has 1 aliphatic rings. The number of anilines is 1. The Labute approximate surface area is 166 Å². The van der Waals surface area contributed by atoms with E-state index < -0.39 is 0 Å². The number of ether oxygens (including phenoxy) is 5. The first-order valence-electron chi connectivity index (χ1n) is 9.04. The van der Waals surface area contributed by atoms with E-state index in [0.717, 1.165) is 28.0 Å². The lowest BCUT2D eigenvalue weighted by Crippen LogP contribution is -2.14. The van der Waals surface area contributed by atoms with Crippen molar-refractivity contribution in [1.29, 1.82) is 0 Å². The lowest BCUT2D eigenvalue weighted by molar-refractivity contribution is -0.0437. The predicted octanol–water partition coefficient (Wildman–Crippen LogP) is 3.89. The number of methoxy groups -OCH3 is 3. The summed E-state index contributed by atoms with van der Waals surface area (Å²) in [6, 6.07) is 9.95. The molecular weight excluding hydrogens is 358 g/mol. The predicted molar refractivity (Wildman–Crippen MR) is 110 cm³/mol. The van der Waals surface area contributed by atoms with E-state index in [1.165, 1.54) is 0 Å². The number of hydrogen-bond donors (Lipinski definition) is 0. The normalized spacial score (nSPS) is 14.0. The molecule has 0 aromatic heterocycles. The molecule has 0 radical (unpaired) electrons. The molecule has 2 aromatic rings. The minimum Gasteiger partial charge on any atom is -0.493 e. The summed E-state index contributed by atoms with van der Waals surface area (Å²) in [5, 5.41) is 0. The molecule has 3 rings (SSSR count). The Kier molecular flexibility index (Phi) is 6.11. The van der Waals surface area contributed by atoms with Crippen molar-refractivity contribution >= 4 is 11.3 Å². The van der Waals surface area contributed by atoms with Crippen LogP contribution in [0.3, 0.4) is 0 Å². The van der Waals surface area contributed by atoms with Crippen LogP contribution in [0.2, 0.25) is 0 Å². The Bertz CT molecular complexity index is 831. The quantitative estimate of drug-likeness (QED) is 0.721. The first-order valence-corrected chi connectivity index (χ1v) is 9.04. The van der Waals surface area contributed by atoms with Gasteiger partial charge in [0.15, 0.2) is 17.8 Å². The van der Waals surface area contributed by atoms with Gasteiger partial charge in [-0.15, -0.1) is 0 Å². The first-order chi connectivity index (χ1) is 13.5. The number of hydrogen-bond acceptors (Lipinski definition) is 6. The molecule has 0 bridgehead atoms. The van der Waals surface area contributed by atoms with Crippen molar-refractivity contribution in [2.75, 3.05) is 53.5 Å². The Morgan fingerprint density at radius 3 is 2.04 bits per heavy atom. The van der Waals surface area contributed by atoms with Crippen LogP contribution in [0.15, 0.2) is 36.9 Å². The number of benzene rings is 2. The SMILES string of the molecule is C=C(c1cc(OC)c(OC)c(OC)c1)c1ccc(N(C)C)c(C2OCCO2)c1. The maximum Gasteiger partial charge on any atom is 0.203 e. The van der Waals surface area contributed by atoms with Crippen LogP contribution in [0.25, 0.3) is 5.57 Å². The van der Waals surface area contributed by atoms with Gasteiger partial charge < -0.3 is 28.6 Å². The van der Waals surface area contributed by atoms with Crippen LogP contribution in [-0.2, 0) is 9.47 Å². The first kappa shape index (κ1) is 20.0. The lowest BCUT2D eigenvalue weighted by atomic mass is 9.96. The van der Waals surface area contributed by atoms with Crippen LogP contribution in [0, 0.1) is 0 Å². The number of rotatable bonds is 7. The van der Waals surface area contributed by atoms with Crippen LogP contribution >= 0.6 is 0 Å². The van der Waals surface area contributed by atoms with Gasteiger partial charge in [-0.1, -0.05) is 12.6 Å². The lowest BCUT2D eigenvalue weighted by Gasteiger charge is -2.22. The highest BCUT2D eigenvalue weighted by atomic mass is 16.7. The molecule has 2 aromatic carbocycles. The second-order valence-corrected chi connectivity index (χ2v) is 6.63. The fraction of sp³-hybridized carbons (Fsp3) is 0.364. The van der Waals surface area contributed by atoms with Gasteiger partial charge in [0.25, 0.3) is 0 Å². The second kappa shape index (κ2) is 8.54. The van der Waals surface area contributed by atoms with Gasteiger partial charge in [-0.25, -0.2) is 0 Å². The van der Waals surface area contributed by atoms with E-state index in [1.54, 1.807) is 21.3 Å². The van der Waals surface area contributed by atoms with Gasteiger partial charge in [0.05, 0.1) is 34.5 Å². The van der Waals surface area contributed by atoms with Crippen molar-refractivity contribution in [3.05, 3.63) is 53.6 Å². The van der Waals surface area contributed by atoms with Crippen molar-refractivity contribution in [3.8, 4) is 17.2 Å². The minimum atomic E-state index is -0.370.